The minimum absolute atomic E-state index is 0.0677. The van der Waals surface area contributed by atoms with Gasteiger partial charge in [-0.1, -0.05) is 44.2 Å². The normalized spacial score (nSPS) is 14.9. The van der Waals surface area contributed by atoms with Crippen molar-refractivity contribution in [2.75, 3.05) is 0 Å². The molecular formula is C28H29NO2S. The molecule has 0 saturated heterocycles. The molecule has 0 aliphatic heterocycles. The van der Waals surface area contributed by atoms with E-state index in [1.54, 1.807) is 0 Å². The second-order valence-electron chi connectivity index (χ2n) is 9.06. The Morgan fingerprint density at radius 3 is 2.44 bits per heavy atom. The fourth-order valence-electron chi connectivity index (χ4n) is 5.31. The number of hydrogen-bond donors (Lipinski definition) is 0. The maximum absolute atomic E-state index is 12.9. The number of hydrogen-bond acceptors (Lipinski definition) is 3. The van der Waals surface area contributed by atoms with Crippen LogP contribution >= 0.6 is 11.3 Å². The first kappa shape index (κ1) is 21.1. The van der Waals surface area contributed by atoms with Crippen LogP contribution in [0.4, 0.5) is 0 Å². The van der Waals surface area contributed by atoms with Gasteiger partial charge in [-0.15, -0.1) is 11.3 Å². The van der Waals surface area contributed by atoms with Crippen LogP contribution in [-0.4, -0.2) is 16.1 Å². The van der Waals surface area contributed by atoms with E-state index < -0.39 is 0 Å². The monoisotopic (exact) mass is 443 g/mol. The van der Waals surface area contributed by atoms with E-state index in [-0.39, 0.29) is 5.78 Å². The zero-order valence-corrected chi connectivity index (χ0v) is 19.4. The molecule has 0 amide bonds. The third kappa shape index (κ3) is 4.04. The molecule has 0 atom stereocenters. The Morgan fingerprint density at radius 2 is 1.72 bits per heavy atom. The van der Waals surface area contributed by atoms with Gasteiger partial charge >= 0.3 is 0 Å². The Morgan fingerprint density at radius 1 is 0.969 bits per heavy atom. The lowest BCUT2D eigenvalue weighted by Gasteiger charge is -2.20. The minimum atomic E-state index is 0.0677. The SMILES string of the molecule is CCn1c2ccc(CC(=O)CC3CCCCC3)cc2c2cc(C(=O)c3cccs3)ccc21. The van der Waals surface area contributed by atoms with E-state index >= 15 is 0 Å². The van der Waals surface area contributed by atoms with Gasteiger partial charge in [0, 0.05) is 46.8 Å². The molecule has 1 fully saturated rings. The minimum Gasteiger partial charge on any atom is -0.341 e. The first-order valence-corrected chi connectivity index (χ1v) is 12.7. The summed E-state index contributed by atoms with van der Waals surface area (Å²) in [4.78, 5) is 26.5. The average Bonchev–Trinajstić information content (AvgIpc) is 3.45. The summed E-state index contributed by atoms with van der Waals surface area (Å²) in [7, 11) is 0. The number of aryl methyl sites for hydroxylation is 1. The zero-order valence-electron chi connectivity index (χ0n) is 18.6. The van der Waals surface area contributed by atoms with Gasteiger partial charge in [0.15, 0.2) is 0 Å². The number of benzene rings is 2. The molecular weight excluding hydrogens is 414 g/mol. The van der Waals surface area contributed by atoms with E-state index in [1.807, 2.05) is 29.6 Å². The van der Waals surface area contributed by atoms with Crippen molar-refractivity contribution in [3.8, 4) is 0 Å². The van der Waals surface area contributed by atoms with E-state index in [0.29, 0.717) is 30.1 Å². The summed E-state index contributed by atoms with van der Waals surface area (Å²) in [5.41, 5.74) is 4.08. The van der Waals surface area contributed by atoms with Gasteiger partial charge in [0.1, 0.15) is 5.78 Å². The number of fused-ring (bicyclic) bond motifs is 3. The van der Waals surface area contributed by atoms with Gasteiger partial charge in [-0.25, -0.2) is 0 Å². The lowest BCUT2D eigenvalue weighted by atomic mass is 9.85. The van der Waals surface area contributed by atoms with Crippen molar-refractivity contribution in [2.24, 2.45) is 5.92 Å². The van der Waals surface area contributed by atoms with Gasteiger partial charge < -0.3 is 4.57 Å². The van der Waals surface area contributed by atoms with Crippen LogP contribution in [0, 0.1) is 5.92 Å². The van der Waals surface area contributed by atoms with Crippen LogP contribution in [0.1, 0.15) is 66.2 Å². The highest BCUT2D eigenvalue weighted by atomic mass is 32.1. The van der Waals surface area contributed by atoms with Crippen LogP contribution in [0.3, 0.4) is 0 Å². The Bertz CT molecular complexity index is 1280. The standard InChI is InChI=1S/C28H29NO2S/c1-2-29-25-12-10-20(16-22(30)15-19-7-4-3-5-8-19)17-23(25)24-18-21(11-13-26(24)29)28(31)27-9-6-14-32-27/h6,9-14,17-19H,2-5,7-8,15-16H2,1H3. The Kier molecular flexibility index (Phi) is 5.97. The number of aromatic nitrogens is 1. The van der Waals surface area contributed by atoms with Crippen LogP contribution in [0.15, 0.2) is 53.9 Å². The van der Waals surface area contributed by atoms with Crippen LogP contribution in [-0.2, 0) is 17.8 Å². The smallest absolute Gasteiger partial charge is 0.202 e. The molecule has 1 aliphatic rings. The zero-order chi connectivity index (χ0) is 22.1. The number of ketones is 2. The van der Waals surface area contributed by atoms with Gasteiger partial charge in [0.25, 0.3) is 0 Å². The molecule has 1 aliphatic carbocycles. The van der Waals surface area contributed by atoms with Crippen molar-refractivity contribution in [2.45, 2.75) is 58.4 Å². The molecule has 4 aromatic rings. The molecule has 5 rings (SSSR count). The summed E-state index contributed by atoms with van der Waals surface area (Å²) in [6, 6.07) is 16.2. The number of carbonyl (C=O) groups excluding carboxylic acids is 2. The molecule has 1 saturated carbocycles. The third-order valence-electron chi connectivity index (χ3n) is 6.90. The maximum atomic E-state index is 12.9. The number of nitrogens with zero attached hydrogens (tertiary/aromatic N) is 1. The second kappa shape index (κ2) is 9.03. The first-order valence-electron chi connectivity index (χ1n) is 11.8. The van der Waals surface area contributed by atoms with Crippen LogP contribution in [0.5, 0.6) is 0 Å². The summed E-state index contributed by atoms with van der Waals surface area (Å²) in [6.07, 6.45) is 7.48. The number of Topliss-reactive ketones (excluding diaryl/α,β-unsaturated/α-hetero) is 1. The molecule has 32 heavy (non-hydrogen) atoms. The van der Waals surface area contributed by atoms with Gasteiger partial charge in [-0.05, 0) is 60.2 Å². The topological polar surface area (TPSA) is 39.1 Å². The molecule has 2 aromatic heterocycles. The van der Waals surface area contributed by atoms with Crippen molar-refractivity contribution in [1.82, 2.24) is 4.57 Å². The van der Waals surface area contributed by atoms with Gasteiger partial charge in [0.2, 0.25) is 5.78 Å². The third-order valence-corrected chi connectivity index (χ3v) is 7.76. The molecule has 4 heteroatoms. The molecule has 0 N–H and O–H groups in total. The Hall–Kier alpha value is -2.72. The molecule has 2 heterocycles. The Labute approximate surface area is 193 Å². The van der Waals surface area contributed by atoms with Crippen molar-refractivity contribution >= 4 is 44.7 Å². The fraction of sp³-hybridized carbons (Fsp3) is 0.357. The molecule has 0 unspecified atom stereocenters. The summed E-state index contributed by atoms with van der Waals surface area (Å²) in [5, 5.41) is 4.15. The van der Waals surface area contributed by atoms with Gasteiger partial charge in [0.05, 0.1) is 4.88 Å². The van der Waals surface area contributed by atoms with Crippen molar-refractivity contribution in [1.29, 1.82) is 0 Å². The molecule has 3 nitrogen and oxygen atoms in total. The molecule has 0 radical (unpaired) electrons. The van der Waals surface area contributed by atoms with Crippen LogP contribution in [0.25, 0.3) is 21.8 Å². The van der Waals surface area contributed by atoms with Crippen LogP contribution < -0.4 is 0 Å². The van der Waals surface area contributed by atoms with Gasteiger partial charge in [-0.2, -0.15) is 0 Å². The highest BCUT2D eigenvalue weighted by Gasteiger charge is 2.19. The quantitative estimate of drug-likeness (QED) is 0.284. The van der Waals surface area contributed by atoms with E-state index in [4.69, 9.17) is 0 Å². The fourth-order valence-corrected chi connectivity index (χ4v) is 5.99. The Balaban J connectivity index is 1.49. The van der Waals surface area contributed by atoms with E-state index in [2.05, 4.69) is 35.8 Å². The van der Waals surface area contributed by atoms with Crippen molar-refractivity contribution in [3.05, 3.63) is 69.9 Å². The molecule has 164 valence electrons. The highest BCUT2D eigenvalue weighted by molar-refractivity contribution is 7.12. The second-order valence-corrected chi connectivity index (χ2v) is 10.0. The molecule has 0 bridgehead atoms. The lowest BCUT2D eigenvalue weighted by molar-refractivity contribution is -0.119. The highest BCUT2D eigenvalue weighted by Crippen LogP contribution is 2.32. The predicted octanol–water partition coefficient (Wildman–Crippen LogP) is 7.19. The predicted molar refractivity (Wildman–Crippen MR) is 133 cm³/mol. The lowest BCUT2D eigenvalue weighted by Crippen LogP contribution is -2.13. The summed E-state index contributed by atoms with van der Waals surface area (Å²) in [6.45, 7) is 3.00. The van der Waals surface area contributed by atoms with E-state index in [1.165, 1.54) is 43.4 Å². The van der Waals surface area contributed by atoms with E-state index in [0.717, 1.165) is 38.8 Å². The van der Waals surface area contributed by atoms with Gasteiger partial charge in [-0.3, -0.25) is 9.59 Å². The summed E-state index contributed by atoms with van der Waals surface area (Å²) in [5.74, 6) is 0.995. The summed E-state index contributed by atoms with van der Waals surface area (Å²) >= 11 is 1.48. The largest absolute Gasteiger partial charge is 0.341 e. The summed E-state index contributed by atoms with van der Waals surface area (Å²) < 4.78 is 2.29. The molecule has 2 aromatic carbocycles. The van der Waals surface area contributed by atoms with Crippen molar-refractivity contribution < 1.29 is 9.59 Å². The number of thiophene rings is 1. The average molecular weight is 444 g/mol. The first-order chi connectivity index (χ1) is 15.6. The van der Waals surface area contributed by atoms with E-state index in [9.17, 15) is 9.59 Å². The van der Waals surface area contributed by atoms with Crippen LogP contribution in [0.2, 0.25) is 0 Å². The molecule has 0 spiro atoms. The number of carbonyl (C=O) groups is 2. The maximum Gasteiger partial charge on any atom is 0.202 e. The van der Waals surface area contributed by atoms with Crippen molar-refractivity contribution in [3.63, 3.8) is 0 Å². The number of rotatable bonds is 7.